The zero-order valence-electron chi connectivity index (χ0n) is 18.7. The lowest BCUT2D eigenvalue weighted by molar-refractivity contribution is -0.177. The summed E-state index contributed by atoms with van der Waals surface area (Å²) in [6.45, 7) is 2.41. The molecule has 3 heterocycles. The number of nitrogens with one attached hydrogen (secondary N) is 1. The molecule has 2 N–H and O–H groups in total. The molecule has 0 aliphatic carbocycles. The first-order chi connectivity index (χ1) is 16.4. The zero-order chi connectivity index (χ0) is 24.1. The summed E-state index contributed by atoms with van der Waals surface area (Å²) < 4.78 is 16.0. The summed E-state index contributed by atoms with van der Waals surface area (Å²) in [6.07, 6.45) is -1.36. The SMILES string of the molecule is COc1cccc(CNC(=O)c2cc(-c3nnn(CC4COC(C(=O)O)CO4)n3)cc(C)n2)c1. The number of carboxylic acid groups (broad SMARTS) is 1. The van der Waals surface area contributed by atoms with Crippen LogP contribution in [0.4, 0.5) is 0 Å². The number of hydrogen-bond donors (Lipinski definition) is 2. The van der Waals surface area contributed by atoms with E-state index in [2.05, 4.69) is 25.7 Å². The van der Waals surface area contributed by atoms with Crippen molar-refractivity contribution in [2.24, 2.45) is 0 Å². The molecule has 1 aromatic carbocycles. The van der Waals surface area contributed by atoms with E-state index < -0.39 is 18.2 Å². The number of nitrogens with zero attached hydrogens (tertiary/aromatic N) is 5. The highest BCUT2D eigenvalue weighted by Gasteiger charge is 2.28. The minimum Gasteiger partial charge on any atom is -0.497 e. The lowest BCUT2D eigenvalue weighted by Gasteiger charge is -2.26. The second-order valence-corrected chi connectivity index (χ2v) is 7.70. The summed E-state index contributed by atoms with van der Waals surface area (Å²) >= 11 is 0. The third kappa shape index (κ3) is 5.71. The Hall–Kier alpha value is -3.90. The maximum absolute atomic E-state index is 12.7. The van der Waals surface area contributed by atoms with Gasteiger partial charge in [-0.05, 0) is 42.0 Å². The van der Waals surface area contributed by atoms with E-state index in [0.29, 0.717) is 29.4 Å². The number of hydrogen-bond acceptors (Lipinski definition) is 9. The molecule has 3 aromatic rings. The van der Waals surface area contributed by atoms with Gasteiger partial charge in [-0.2, -0.15) is 4.80 Å². The Balaban J connectivity index is 1.40. The lowest BCUT2D eigenvalue weighted by Crippen LogP contribution is -2.42. The number of tetrazole rings is 1. The largest absolute Gasteiger partial charge is 0.497 e. The topological polar surface area (TPSA) is 151 Å². The highest BCUT2D eigenvalue weighted by molar-refractivity contribution is 5.93. The van der Waals surface area contributed by atoms with Crippen molar-refractivity contribution in [1.29, 1.82) is 0 Å². The number of carbonyl (C=O) groups excluding carboxylic acids is 1. The first-order valence-corrected chi connectivity index (χ1v) is 10.6. The van der Waals surface area contributed by atoms with Crippen molar-refractivity contribution in [3.05, 3.63) is 53.3 Å². The molecule has 1 aliphatic heterocycles. The normalized spacial score (nSPS) is 17.8. The highest BCUT2D eigenvalue weighted by atomic mass is 16.6. The minimum absolute atomic E-state index is 0.0423. The van der Waals surface area contributed by atoms with Gasteiger partial charge >= 0.3 is 5.97 Å². The number of rotatable bonds is 8. The first-order valence-electron chi connectivity index (χ1n) is 10.6. The number of pyridine rings is 1. The molecule has 34 heavy (non-hydrogen) atoms. The average molecular weight is 468 g/mol. The van der Waals surface area contributed by atoms with E-state index in [9.17, 15) is 9.59 Å². The molecule has 2 atom stereocenters. The number of carboxylic acids is 1. The van der Waals surface area contributed by atoms with E-state index in [1.165, 1.54) is 4.80 Å². The number of carbonyl (C=O) groups is 2. The van der Waals surface area contributed by atoms with Gasteiger partial charge in [0.05, 0.1) is 26.9 Å². The summed E-state index contributed by atoms with van der Waals surface area (Å²) in [7, 11) is 1.59. The monoisotopic (exact) mass is 468 g/mol. The van der Waals surface area contributed by atoms with Crippen molar-refractivity contribution >= 4 is 11.9 Å². The number of aryl methyl sites for hydroxylation is 1. The number of aliphatic carboxylic acids is 1. The molecule has 4 rings (SSSR count). The number of ether oxygens (including phenoxy) is 3. The molecule has 1 fully saturated rings. The van der Waals surface area contributed by atoms with Gasteiger partial charge in [0.25, 0.3) is 5.91 Å². The van der Waals surface area contributed by atoms with Crippen LogP contribution in [-0.2, 0) is 27.4 Å². The van der Waals surface area contributed by atoms with Crippen LogP contribution in [0.25, 0.3) is 11.4 Å². The minimum atomic E-state index is -1.06. The van der Waals surface area contributed by atoms with Crippen LogP contribution in [0, 0.1) is 6.92 Å². The van der Waals surface area contributed by atoms with Gasteiger partial charge < -0.3 is 24.6 Å². The molecule has 12 heteroatoms. The molecule has 1 saturated heterocycles. The molecule has 0 bridgehead atoms. The quantitative estimate of drug-likeness (QED) is 0.487. The van der Waals surface area contributed by atoms with Crippen molar-refractivity contribution < 1.29 is 28.9 Å². The molecular weight excluding hydrogens is 444 g/mol. The lowest BCUT2D eigenvalue weighted by atomic mass is 10.1. The van der Waals surface area contributed by atoms with Crippen LogP contribution in [0.5, 0.6) is 5.75 Å². The predicted molar refractivity (Wildman–Crippen MR) is 117 cm³/mol. The molecule has 12 nitrogen and oxygen atoms in total. The maximum Gasteiger partial charge on any atom is 0.335 e. The number of benzene rings is 1. The molecule has 0 radical (unpaired) electrons. The summed E-state index contributed by atoms with van der Waals surface area (Å²) in [5, 5.41) is 24.3. The molecule has 178 valence electrons. The molecule has 1 aliphatic rings. The van der Waals surface area contributed by atoms with Gasteiger partial charge in [-0.25, -0.2) is 9.78 Å². The van der Waals surface area contributed by atoms with Crippen LogP contribution in [0.15, 0.2) is 36.4 Å². The summed E-state index contributed by atoms with van der Waals surface area (Å²) in [4.78, 5) is 29.3. The third-order valence-corrected chi connectivity index (χ3v) is 5.09. The van der Waals surface area contributed by atoms with E-state index in [-0.39, 0.29) is 31.4 Å². The Morgan fingerprint density at radius 3 is 2.82 bits per heavy atom. The van der Waals surface area contributed by atoms with Gasteiger partial charge in [0.15, 0.2) is 6.10 Å². The Morgan fingerprint density at radius 2 is 2.09 bits per heavy atom. The second kappa shape index (κ2) is 10.4. The van der Waals surface area contributed by atoms with E-state index in [4.69, 9.17) is 19.3 Å². The van der Waals surface area contributed by atoms with Crippen LogP contribution in [0.3, 0.4) is 0 Å². The standard InChI is InChI=1S/C22H24N6O6/c1-13-6-15(8-18(24-13)21(29)23-9-14-4-3-5-16(7-14)32-2)20-25-27-28(26-20)10-17-11-34-19(12-33-17)22(30)31/h3-8,17,19H,9-12H2,1-2H3,(H,23,29)(H,30,31). The van der Waals surface area contributed by atoms with Gasteiger partial charge in [0.2, 0.25) is 5.82 Å². The van der Waals surface area contributed by atoms with Gasteiger partial charge in [0, 0.05) is 17.8 Å². The van der Waals surface area contributed by atoms with E-state index in [1.807, 2.05) is 24.3 Å². The Kier molecular flexibility index (Phi) is 7.09. The van der Waals surface area contributed by atoms with Gasteiger partial charge in [-0.1, -0.05) is 12.1 Å². The molecule has 0 spiro atoms. The first kappa shape index (κ1) is 23.3. The van der Waals surface area contributed by atoms with Crippen LogP contribution >= 0.6 is 0 Å². The molecule has 0 saturated carbocycles. The van der Waals surface area contributed by atoms with Gasteiger partial charge in [0.1, 0.15) is 17.5 Å². The van der Waals surface area contributed by atoms with Crippen LogP contribution in [-0.4, -0.2) is 74.7 Å². The van der Waals surface area contributed by atoms with Crippen LogP contribution in [0.2, 0.25) is 0 Å². The smallest absolute Gasteiger partial charge is 0.335 e. The number of methoxy groups -OCH3 is 1. The predicted octanol–water partition coefficient (Wildman–Crippen LogP) is 0.851. The van der Waals surface area contributed by atoms with E-state index in [0.717, 1.165) is 5.56 Å². The van der Waals surface area contributed by atoms with Gasteiger partial charge in [-0.15, -0.1) is 10.2 Å². The highest BCUT2D eigenvalue weighted by Crippen LogP contribution is 2.17. The zero-order valence-corrected chi connectivity index (χ0v) is 18.7. The van der Waals surface area contributed by atoms with Crippen molar-refractivity contribution in [2.45, 2.75) is 32.2 Å². The molecule has 2 unspecified atom stereocenters. The summed E-state index contributed by atoms with van der Waals surface area (Å²) in [5.74, 6) is -0.354. The van der Waals surface area contributed by atoms with Crippen molar-refractivity contribution in [3.8, 4) is 17.1 Å². The fourth-order valence-corrected chi connectivity index (χ4v) is 3.38. The Morgan fingerprint density at radius 1 is 1.24 bits per heavy atom. The summed E-state index contributed by atoms with van der Waals surface area (Å²) in [6, 6.07) is 10.8. The maximum atomic E-state index is 12.7. The average Bonchev–Trinajstić information content (AvgIpc) is 3.31. The fraction of sp³-hybridized carbons (Fsp3) is 0.364. The fourth-order valence-electron chi connectivity index (χ4n) is 3.38. The molecule has 1 amide bonds. The van der Waals surface area contributed by atoms with Gasteiger partial charge in [-0.3, -0.25) is 4.79 Å². The van der Waals surface area contributed by atoms with Crippen molar-refractivity contribution in [1.82, 2.24) is 30.5 Å². The Bertz CT molecular complexity index is 1170. The third-order valence-electron chi connectivity index (χ3n) is 5.09. The number of amides is 1. The molecule has 2 aromatic heterocycles. The molecular formula is C22H24N6O6. The second-order valence-electron chi connectivity index (χ2n) is 7.70. The number of aromatic nitrogens is 5. The summed E-state index contributed by atoms with van der Waals surface area (Å²) in [5.41, 5.74) is 2.35. The van der Waals surface area contributed by atoms with Crippen molar-refractivity contribution in [2.75, 3.05) is 20.3 Å². The van der Waals surface area contributed by atoms with E-state index in [1.54, 1.807) is 26.2 Å². The Labute approximate surface area is 194 Å². The van der Waals surface area contributed by atoms with E-state index >= 15 is 0 Å². The van der Waals surface area contributed by atoms with Crippen molar-refractivity contribution in [3.63, 3.8) is 0 Å². The van der Waals surface area contributed by atoms with Crippen LogP contribution < -0.4 is 10.1 Å². The van der Waals surface area contributed by atoms with Crippen LogP contribution in [0.1, 0.15) is 21.7 Å².